The maximum Gasteiger partial charge on any atom is 0.374 e. The molecule has 5 nitrogen and oxygen atoms in total. The summed E-state index contributed by atoms with van der Waals surface area (Å²) in [4.78, 5) is 11.3. The number of hydrogen-bond donors (Lipinski definition) is 0. The molecule has 2 aromatic heterocycles. The Morgan fingerprint density at radius 2 is 2.35 bits per heavy atom. The van der Waals surface area contributed by atoms with Crippen LogP contribution in [0.2, 0.25) is 5.02 Å². The van der Waals surface area contributed by atoms with Crippen LogP contribution in [0.25, 0.3) is 11.5 Å². The third kappa shape index (κ3) is 2.10. The molecule has 0 atom stereocenters. The Morgan fingerprint density at radius 3 is 2.88 bits per heavy atom. The lowest BCUT2D eigenvalue weighted by molar-refractivity contribution is 0.0566. The van der Waals surface area contributed by atoms with Gasteiger partial charge in [-0.2, -0.15) is 5.10 Å². The van der Waals surface area contributed by atoms with Crippen molar-refractivity contribution in [3.8, 4) is 11.5 Å². The smallest absolute Gasteiger partial charge is 0.374 e. The lowest BCUT2D eigenvalue weighted by Crippen LogP contribution is -1.98. The van der Waals surface area contributed by atoms with Crippen molar-refractivity contribution in [1.82, 2.24) is 9.78 Å². The van der Waals surface area contributed by atoms with Crippen LogP contribution in [0.4, 0.5) is 0 Å². The fourth-order valence-corrected chi connectivity index (χ4v) is 2.15. The fourth-order valence-electron chi connectivity index (χ4n) is 1.40. The number of rotatable bonds is 2. The zero-order chi connectivity index (χ0) is 12.6. The molecule has 0 unspecified atom stereocenters. The molecule has 17 heavy (non-hydrogen) atoms. The standard InChI is InChI=1S/C10H8BrClN2O3/c1-14-8(5(11)4-13-14)9-6(12)3-7(17-9)10(15)16-2/h3-4H,1-2H3. The Bertz CT molecular complexity index is 557. The van der Waals surface area contributed by atoms with Crippen molar-refractivity contribution in [3.63, 3.8) is 0 Å². The van der Waals surface area contributed by atoms with Gasteiger partial charge in [-0.1, -0.05) is 11.6 Å². The van der Waals surface area contributed by atoms with Gasteiger partial charge in [0.05, 0.1) is 22.8 Å². The van der Waals surface area contributed by atoms with E-state index in [0.717, 1.165) is 4.47 Å². The summed E-state index contributed by atoms with van der Waals surface area (Å²) >= 11 is 9.35. The fraction of sp³-hybridized carbons (Fsp3) is 0.200. The first kappa shape index (κ1) is 12.2. The van der Waals surface area contributed by atoms with E-state index in [1.165, 1.54) is 13.2 Å². The summed E-state index contributed by atoms with van der Waals surface area (Å²) in [6, 6.07) is 1.42. The summed E-state index contributed by atoms with van der Waals surface area (Å²) in [6.45, 7) is 0. The van der Waals surface area contributed by atoms with Crippen molar-refractivity contribution in [2.45, 2.75) is 0 Å². The molecule has 0 aliphatic rings. The quantitative estimate of drug-likeness (QED) is 0.799. The Labute approximate surface area is 110 Å². The summed E-state index contributed by atoms with van der Waals surface area (Å²) in [5.41, 5.74) is 0.658. The zero-order valence-electron chi connectivity index (χ0n) is 9.03. The molecule has 0 saturated heterocycles. The Kier molecular flexibility index (Phi) is 3.26. The van der Waals surface area contributed by atoms with Crippen molar-refractivity contribution in [2.24, 2.45) is 7.05 Å². The minimum Gasteiger partial charge on any atom is -0.463 e. The second-order valence-electron chi connectivity index (χ2n) is 3.24. The van der Waals surface area contributed by atoms with Gasteiger partial charge in [-0.25, -0.2) is 4.79 Å². The van der Waals surface area contributed by atoms with E-state index in [9.17, 15) is 4.79 Å². The molecule has 0 aromatic carbocycles. The zero-order valence-corrected chi connectivity index (χ0v) is 11.4. The molecule has 0 aliphatic carbocycles. The number of esters is 1. The predicted octanol–water partition coefficient (Wildman–Crippen LogP) is 2.88. The summed E-state index contributed by atoms with van der Waals surface area (Å²) in [5.74, 6) is -0.143. The maximum atomic E-state index is 11.3. The van der Waals surface area contributed by atoms with Crippen LogP contribution < -0.4 is 0 Å². The Hall–Kier alpha value is -1.27. The number of ether oxygens (including phenoxy) is 1. The molecule has 2 aromatic rings. The molecule has 0 N–H and O–H groups in total. The van der Waals surface area contributed by atoms with Crippen LogP contribution in [0.1, 0.15) is 10.6 Å². The first-order chi connectivity index (χ1) is 8.04. The van der Waals surface area contributed by atoms with E-state index in [1.807, 2.05) is 0 Å². The van der Waals surface area contributed by atoms with Gasteiger partial charge >= 0.3 is 5.97 Å². The van der Waals surface area contributed by atoms with E-state index in [2.05, 4.69) is 25.8 Å². The normalized spacial score (nSPS) is 10.6. The average molecular weight is 320 g/mol. The molecule has 0 saturated carbocycles. The van der Waals surface area contributed by atoms with Gasteiger partial charge in [-0.3, -0.25) is 4.68 Å². The highest BCUT2D eigenvalue weighted by Crippen LogP contribution is 2.35. The number of methoxy groups -OCH3 is 1. The Morgan fingerprint density at radius 1 is 1.65 bits per heavy atom. The summed E-state index contributed by atoms with van der Waals surface area (Å²) in [7, 11) is 3.02. The van der Waals surface area contributed by atoms with Gasteiger partial charge in [0.25, 0.3) is 0 Å². The van der Waals surface area contributed by atoms with Crippen LogP contribution in [0.5, 0.6) is 0 Å². The molecule has 0 spiro atoms. The second-order valence-corrected chi connectivity index (χ2v) is 4.51. The highest BCUT2D eigenvalue weighted by Gasteiger charge is 2.21. The number of aryl methyl sites for hydroxylation is 1. The molecule has 7 heteroatoms. The van der Waals surface area contributed by atoms with Crippen molar-refractivity contribution in [1.29, 1.82) is 0 Å². The molecular formula is C10H8BrClN2O3. The number of halogens is 2. The minimum absolute atomic E-state index is 0.0561. The molecule has 0 radical (unpaired) electrons. The molecule has 0 amide bonds. The third-order valence-corrected chi connectivity index (χ3v) is 3.04. The maximum absolute atomic E-state index is 11.3. The number of carbonyl (C=O) groups is 1. The minimum atomic E-state index is -0.573. The topological polar surface area (TPSA) is 57.3 Å². The molecule has 0 bridgehead atoms. The van der Waals surface area contributed by atoms with Crippen LogP contribution >= 0.6 is 27.5 Å². The van der Waals surface area contributed by atoms with Crippen LogP contribution in [0, 0.1) is 0 Å². The summed E-state index contributed by atoms with van der Waals surface area (Å²) in [6.07, 6.45) is 1.62. The molecule has 2 rings (SSSR count). The highest BCUT2D eigenvalue weighted by atomic mass is 79.9. The van der Waals surface area contributed by atoms with E-state index < -0.39 is 5.97 Å². The second kappa shape index (κ2) is 4.54. The van der Waals surface area contributed by atoms with Gasteiger partial charge in [0, 0.05) is 13.1 Å². The molecule has 2 heterocycles. The molecule has 90 valence electrons. The van der Waals surface area contributed by atoms with Crippen LogP contribution in [-0.2, 0) is 11.8 Å². The average Bonchev–Trinajstić information content (AvgIpc) is 2.82. The number of carbonyl (C=O) groups excluding carboxylic acids is 1. The van der Waals surface area contributed by atoms with Gasteiger partial charge in [0.2, 0.25) is 5.76 Å². The van der Waals surface area contributed by atoms with Gasteiger partial charge in [-0.05, 0) is 15.9 Å². The van der Waals surface area contributed by atoms with Crippen LogP contribution in [-0.4, -0.2) is 22.9 Å². The van der Waals surface area contributed by atoms with E-state index in [1.54, 1.807) is 17.9 Å². The molecule has 0 fully saturated rings. The predicted molar refractivity (Wildman–Crippen MR) is 65.0 cm³/mol. The molecule has 0 aliphatic heterocycles. The van der Waals surface area contributed by atoms with Crippen LogP contribution in [0.3, 0.4) is 0 Å². The van der Waals surface area contributed by atoms with Crippen molar-refractivity contribution < 1.29 is 13.9 Å². The number of furan rings is 1. The summed E-state index contributed by atoms with van der Waals surface area (Å²) < 4.78 is 12.3. The van der Waals surface area contributed by atoms with Crippen molar-refractivity contribution in [2.75, 3.05) is 7.11 Å². The van der Waals surface area contributed by atoms with Gasteiger partial charge in [0.15, 0.2) is 5.76 Å². The lowest BCUT2D eigenvalue weighted by atomic mass is 10.3. The van der Waals surface area contributed by atoms with Crippen LogP contribution in [0.15, 0.2) is 21.2 Å². The summed E-state index contributed by atoms with van der Waals surface area (Å²) in [5, 5.41) is 4.37. The first-order valence-corrected chi connectivity index (χ1v) is 5.77. The lowest BCUT2D eigenvalue weighted by Gasteiger charge is -1.99. The monoisotopic (exact) mass is 318 g/mol. The van der Waals surface area contributed by atoms with E-state index >= 15 is 0 Å². The van der Waals surface area contributed by atoms with E-state index in [4.69, 9.17) is 16.0 Å². The highest BCUT2D eigenvalue weighted by molar-refractivity contribution is 9.10. The number of aromatic nitrogens is 2. The number of nitrogens with zero attached hydrogens (tertiary/aromatic N) is 2. The Balaban J connectivity index is 2.54. The SMILES string of the molecule is COC(=O)c1cc(Cl)c(-c2c(Br)cnn2C)o1. The number of hydrogen-bond acceptors (Lipinski definition) is 4. The molecular weight excluding hydrogens is 311 g/mol. The van der Waals surface area contributed by atoms with E-state index in [-0.39, 0.29) is 5.76 Å². The largest absolute Gasteiger partial charge is 0.463 e. The third-order valence-electron chi connectivity index (χ3n) is 2.18. The first-order valence-electron chi connectivity index (χ1n) is 4.60. The van der Waals surface area contributed by atoms with Gasteiger partial charge in [-0.15, -0.1) is 0 Å². The van der Waals surface area contributed by atoms with E-state index in [0.29, 0.717) is 16.5 Å². The van der Waals surface area contributed by atoms with Crippen molar-refractivity contribution >= 4 is 33.5 Å². The van der Waals surface area contributed by atoms with Gasteiger partial charge < -0.3 is 9.15 Å². The van der Waals surface area contributed by atoms with Crippen molar-refractivity contribution in [3.05, 3.63) is 27.5 Å². The van der Waals surface area contributed by atoms with Gasteiger partial charge in [0.1, 0.15) is 5.69 Å².